The minimum atomic E-state index is -0.376. The van der Waals surface area contributed by atoms with Gasteiger partial charge in [-0.15, -0.1) is 0 Å². The molecule has 0 bridgehead atoms. The molecule has 2 aliphatic rings. The molecule has 3 amide bonds. The number of hydrogen-bond acceptors (Lipinski definition) is 5. The highest BCUT2D eigenvalue weighted by atomic mass is 16.5. The van der Waals surface area contributed by atoms with Crippen molar-refractivity contribution in [3.05, 3.63) is 48.0 Å². The van der Waals surface area contributed by atoms with Crippen LogP contribution in [0.1, 0.15) is 36.5 Å². The molecule has 0 unspecified atom stereocenters. The molecule has 1 aliphatic heterocycles. The van der Waals surface area contributed by atoms with E-state index in [0.717, 1.165) is 19.3 Å². The Morgan fingerprint density at radius 2 is 1.77 bits per heavy atom. The molecule has 2 aromatic rings. The molecule has 0 radical (unpaired) electrons. The smallest absolute Gasteiger partial charge is 0.255 e. The fourth-order valence-corrected chi connectivity index (χ4v) is 4.54. The zero-order valence-corrected chi connectivity index (χ0v) is 17.9. The van der Waals surface area contributed by atoms with Crippen molar-refractivity contribution < 1.29 is 23.9 Å². The van der Waals surface area contributed by atoms with Gasteiger partial charge >= 0.3 is 0 Å². The Kier molecular flexibility index (Phi) is 5.67. The van der Waals surface area contributed by atoms with Gasteiger partial charge in [0.2, 0.25) is 11.8 Å². The highest BCUT2D eigenvalue weighted by molar-refractivity contribution is 6.22. The zero-order valence-electron chi connectivity index (χ0n) is 17.9. The number of ether oxygens (including phenoxy) is 2. The van der Waals surface area contributed by atoms with Gasteiger partial charge in [0.05, 0.1) is 37.4 Å². The third kappa shape index (κ3) is 3.87. The Labute approximate surface area is 181 Å². The molecule has 162 valence electrons. The monoisotopic (exact) mass is 422 g/mol. The van der Waals surface area contributed by atoms with E-state index in [9.17, 15) is 14.4 Å². The van der Waals surface area contributed by atoms with Gasteiger partial charge in [-0.1, -0.05) is 13.0 Å². The maximum atomic E-state index is 13.0. The average molecular weight is 422 g/mol. The molecule has 0 spiro atoms. The summed E-state index contributed by atoms with van der Waals surface area (Å²) in [4.78, 5) is 40.1. The molecule has 7 nitrogen and oxygen atoms in total. The molecular weight excluding hydrogens is 396 g/mol. The lowest BCUT2D eigenvalue weighted by molar-refractivity contribution is -0.122. The molecule has 1 aliphatic carbocycles. The highest BCUT2D eigenvalue weighted by Crippen LogP contribution is 2.42. The van der Waals surface area contributed by atoms with Crippen molar-refractivity contribution in [2.75, 3.05) is 24.4 Å². The normalized spacial score (nSPS) is 22.8. The Bertz CT molecular complexity index is 1030. The Balaban J connectivity index is 1.58. The van der Waals surface area contributed by atoms with Crippen molar-refractivity contribution in [3.63, 3.8) is 0 Å². The lowest BCUT2D eigenvalue weighted by Gasteiger charge is -2.25. The third-order valence-electron chi connectivity index (χ3n) is 6.21. The number of fused-ring (bicyclic) bond motifs is 1. The summed E-state index contributed by atoms with van der Waals surface area (Å²) in [7, 11) is 3.06. The van der Waals surface area contributed by atoms with Crippen LogP contribution in [0.4, 0.5) is 11.4 Å². The first-order valence-electron chi connectivity index (χ1n) is 10.4. The zero-order chi connectivity index (χ0) is 22.1. The molecule has 7 heteroatoms. The van der Waals surface area contributed by atoms with Crippen molar-refractivity contribution in [3.8, 4) is 11.5 Å². The highest BCUT2D eigenvalue weighted by Gasteiger charge is 2.50. The van der Waals surface area contributed by atoms with Crippen LogP contribution in [-0.4, -0.2) is 31.9 Å². The minimum Gasteiger partial charge on any atom is -0.497 e. The second-order valence-electron chi connectivity index (χ2n) is 8.21. The number of carbonyl (C=O) groups excluding carboxylic acids is 3. The van der Waals surface area contributed by atoms with Crippen LogP contribution in [0.3, 0.4) is 0 Å². The summed E-state index contributed by atoms with van der Waals surface area (Å²) in [6, 6.07) is 11.7. The molecule has 4 rings (SSSR count). The largest absolute Gasteiger partial charge is 0.497 e. The van der Waals surface area contributed by atoms with E-state index in [1.165, 1.54) is 12.0 Å². The first-order valence-corrected chi connectivity index (χ1v) is 10.4. The molecule has 0 aromatic heterocycles. The lowest BCUT2D eigenvalue weighted by Crippen LogP contribution is -2.31. The van der Waals surface area contributed by atoms with Crippen molar-refractivity contribution in [1.82, 2.24) is 0 Å². The quantitative estimate of drug-likeness (QED) is 0.739. The molecule has 31 heavy (non-hydrogen) atoms. The predicted molar refractivity (Wildman–Crippen MR) is 116 cm³/mol. The van der Waals surface area contributed by atoms with E-state index < -0.39 is 0 Å². The van der Waals surface area contributed by atoms with Gasteiger partial charge in [-0.3, -0.25) is 19.3 Å². The predicted octanol–water partition coefficient (Wildman–Crippen LogP) is 3.88. The van der Waals surface area contributed by atoms with Crippen LogP contribution in [0, 0.1) is 17.8 Å². The van der Waals surface area contributed by atoms with Crippen molar-refractivity contribution in [1.29, 1.82) is 0 Å². The Hall–Kier alpha value is -3.35. The van der Waals surface area contributed by atoms with Crippen LogP contribution in [0.2, 0.25) is 0 Å². The summed E-state index contributed by atoms with van der Waals surface area (Å²) in [6.07, 6.45) is 2.43. The standard InChI is InChI=1S/C24H26N2O5/c1-14-7-9-18-19(11-14)24(29)26(23(18)28)16-6-4-5-15(12-16)22(27)25-20-13-17(30-2)8-10-21(20)31-3/h4-6,8,10,12-14,18-19H,7,9,11H2,1-3H3,(H,25,27)/t14-,18-,19-/m1/s1. The second kappa shape index (κ2) is 8.41. The number of hydrogen-bond donors (Lipinski definition) is 1. The summed E-state index contributed by atoms with van der Waals surface area (Å²) >= 11 is 0. The van der Waals surface area contributed by atoms with Gasteiger partial charge in [0, 0.05) is 11.6 Å². The van der Waals surface area contributed by atoms with Crippen molar-refractivity contribution in [2.45, 2.75) is 26.2 Å². The third-order valence-corrected chi connectivity index (χ3v) is 6.21. The number of anilines is 2. The summed E-state index contributed by atoms with van der Waals surface area (Å²) in [5, 5.41) is 2.82. The summed E-state index contributed by atoms with van der Waals surface area (Å²) in [5.41, 5.74) is 1.24. The van der Waals surface area contributed by atoms with Gasteiger partial charge in [0.25, 0.3) is 5.91 Å². The fraction of sp³-hybridized carbons (Fsp3) is 0.375. The van der Waals surface area contributed by atoms with E-state index >= 15 is 0 Å². The molecule has 2 fully saturated rings. The van der Waals surface area contributed by atoms with E-state index in [4.69, 9.17) is 9.47 Å². The van der Waals surface area contributed by atoms with E-state index in [2.05, 4.69) is 12.2 Å². The van der Waals surface area contributed by atoms with Crippen LogP contribution < -0.4 is 19.7 Å². The van der Waals surface area contributed by atoms with Gasteiger partial charge in [-0.25, -0.2) is 0 Å². The van der Waals surface area contributed by atoms with Gasteiger partial charge in [-0.05, 0) is 55.5 Å². The number of rotatable bonds is 5. The topological polar surface area (TPSA) is 84.9 Å². The molecule has 2 aromatic carbocycles. The van der Waals surface area contributed by atoms with E-state index in [1.54, 1.807) is 49.6 Å². The maximum absolute atomic E-state index is 13.0. The van der Waals surface area contributed by atoms with E-state index in [1.807, 2.05) is 0 Å². The van der Waals surface area contributed by atoms with Crippen LogP contribution in [0.5, 0.6) is 11.5 Å². The number of imide groups is 1. The van der Waals surface area contributed by atoms with Crippen LogP contribution in [0.25, 0.3) is 0 Å². The molecule has 1 saturated carbocycles. The molecule has 3 atom stereocenters. The summed E-state index contributed by atoms with van der Waals surface area (Å²) in [6.45, 7) is 2.12. The number of benzene rings is 2. The number of amides is 3. The first-order chi connectivity index (χ1) is 14.9. The summed E-state index contributed by atoms with van der Waals surface area (Å²) in [5.74, 6) is 0.314. The van der Waals surface area contributed by atoms with Gasteiger partial charge < -0.3 is 14.8 Å². The Morgan fingerprint density at radius 1 is 1.00 bits per heavy atom. The average Bonchev–Trinajstić information content (AvgIpc) is 3.03. The first kappa shape index (κ1) is 20.9. The SMILES string of the molecule is COc1ccc(OC)c(NC(=O)c2cccc(N3C(=O)[C@@H]4CC[C@@H](C)C[C@H]4C3=O)c2)c1. The lowest BCUT2D eigenvalue weighted by atomic mass is 9.76. The van der Waals surface area contributed by atoms with E-state index in [-0.39, 0.29) is 29.6 Å². The maximum Gasteiger partial charge on any atom is 0.255 e. The number of methoxy groups -OCH3 is 2. The van der Waals surface area contributed by atoms with Crippen molar-refractivity contribution >= 4 is 29.1 Å². The van der Waals surface area contributed by atoms with Crippen LogP contribution in [-0.2, 0) is 9.59 Å². The molecule has 1 saturated heterocycles. The van der Waals surface area contributed by atoms with Crippen molar-refractivity contribution in [2.24, 2.45) is 17.8 Å². The van der Waals surface area contributed by atoms with Crippen LogP contribution in [0.15, 0.2) is 42.5 Å². The van der Waals surface area contributed by atoms with Gasteiger partial charge in [0.1, 0.15) is 11.5 Å². The summed E-state index contributed by atoms with van der Waals surface area (Å²) < 4.78 is 10.5. The van der Waals surface area contributed by atoms with Crippen LogP contribution >= 0.6 is 0 Å². The molecule has 1 heterocycles. The minimum absolute atomic E-state index is 0.158. The molecule has 1 N–H and O–H groups in total. The Morgan fingerprint density at radius 3 is 2.52 bits per heavy atom. The fourth-order valence-electron chi connectivity index (χ4n) is 4.54. The van der Waals surface area contributed by atoms with E-state index in [0.29, 0.717) is 34.4 Å². The van der Waals surface area contributed by atoms with Gasteiger partial charge in [-0.2, -0.15) is 0 Å². The number of nitrogens with one attached hydrogen (secondary N) is 1. The number of carbonyl (C=O) groups is 3. The molecular formula is C24H26N2O5. The second-order valence-corrected chi connectivity index (χ2v) is 8.21. The number of nitrogens with zero attached hydrogens (tertiary/aromatic N) is 1. The van der Waals surface area contributed by atoms with Gasteiger partial charge in [0.15, 0.2) is 0 Å².